The van der Waals surface area contributed by atoms with Gasteiger partial charge in [-0.25, -0.2) is 0 Å². The second kappa shape index (κ2) is 4.48. The molecule has 2 rings (SSSR count). The van der Waals surface area contributed by atoms with Gasteiger partial charge in [0.05, 0.1) is 0 Å². The highest BCUT2D eigenvalue weighted by Crippen LogP contribution is 2.19. The van der Waals surface area contributed by atoms with Crippen molar-refractivity contribution in [2.45, 2.75) is 26.7 Å². The van der Waals surface area contributed by atoms with Crippen LogP contribution in [0.4, 0.5) is 0 Å². The van der Waals surface area contributed by atoms with Crippen LogP contribution in [0.3, 0.4) is 0 Å². The molecule has 1 aliphatic carbocycles. The van der Waals surface area contributed by atoms with E-state index in [4.69, 9.17) is 0 Å². The fourth-order valence-corrected chi connectivity index (χ4v) is 1.84. The summed E-state index contributed by atoms with van der Waals surface area (Å²) in [5.41, 5.74) is 4.20. The first-order chi connectivity index (χ1) is 7.24. The lowest BCUT2D eigenvalue weighted by Crippen LogP contribution is -1.97. The summed E-state index contributed by atoms with van der Waals surface area (Å²) >= 11 is 0. The van der Waals surface area contributed by atoms with E-state index in [9.17, 15) is 0 Å². The van der Waals surface area contributed by atoms with Crippen LogP contribution in [0.2, 0.25) is 0 Å². The van der Waals surface area contributed by atoms with Crippen molar-refractivity contribution >= 4 is 0 Å². The molecule has 78 valence electrons. The smallest absolute Gasteiger partial charge is 0.00290 e. The first kappa shape index (κ1) is 10.2. The molecular weight excluding hydrogens is 180 g/mol. The molecule has 0 nitrogen and oxygen atoms in total. The normalized spacial score (nSPS) is 20.1. The minimum absolute atomic E-state index is 0.715. The summed E-state index contributed by atoms with van der Waals surface area (Å²) < 4.78 is 0. The third-order valence-electron chi connectivity index (χ3n) is 2.92. The van der Waals surface area contributed by atoms with E-state index < -0.39 is 0 Å². The largest absolute Gasteiger partial charge is 0.0811 e. The van der Waals surface area contributed by atoms with Crippen molar-refractivity contribution in [3.05, 3.63) is 59.2 Å². The van der Waals surface area contributed by atoms with Crippen LogP contribution in [0.25, 0.3) is 0 Å². The van der Waals surface area contributed by atoms with Crippen molar-refractivity contribution in [3.8, 4) is 0 Å². The maximum absolute atomic E-state index is 2.37. The first-order valence-corrected chi connectivity index (χ1v) is 5.67. The predicted molar refractivity (Wildman–Crippen MR) is 65.9 cm³/mol. The van der Waals surface area contributed by atoms with Gasteiger partial charge in [0.15, 0.2) is 0 Å². The van der Waals surface area contributed by atoms with Crippen molar-refractivity contribution in [3.63, 3.8) is 0 Å². The van der Waals surface area contributed by atoms with Crippen molar-refractivity contribution in [1.82, 2.24) is 0 Å². The van der Waals surface area contributed by atoms with E-state index in [1.54, 1.807) is 0 Å². The van der Waals surface area contributed by atoms with Gasteiger partial charge >= 0.3 is 0 Å². The SMILES string of the molecule is Cc1ccc(CC2=CCC(C)C=C2)cc1. The summed E-state index contributed by atoms with van der Waals surface area (Å²) in [6.07, 6.45) is 9.21. The molecule has 0 aliphatic heterocycles. The Labute approximate surface area is 92.3 Å². The standard InChI is InChI=1S/C15H18/c1-12-3-7-14(8-4-12)11-15-9-5-13(2)6-10-15/h3-5,7-10,13H,6,11H2,1-2H3. The Kier molecular flexibility index (Phi) is 3.05. The summed E-state index contributed by atoms with van der Waals surface area (Å²) in [5, 5.41) is 0. The fraction of sp³-hybridized carbons (Fsp3) is 0.333. The van der Waals surface area contributed by atoms with Gasteiger partial charge < -0.3 is 0 Å². The summed E-state index contributed by atoms with van der Waals surface area (Å²) in [5.74, 6) is 0.715. The van der Waals surface area contributed by atoms with E-state index in [0.29, 0.717) is 5.92 Å². The molecule has 1 atom stereocenters. The second-order valence-corrected chi connectivity index (χ2v) is 4.51. The van der Waals surface area contributed by atoms with Crippen molar-refractivity contribution < 1.29 is 0 Å². The highest BCUT2D eigenvalue weighted by atomic mass is 14.1. The van der Waals surface area contributed by atoms with Gasteiger partial charge in [0.25, 0.3) is 0 Å². The third-order valence-corrected chi connectivity index (χ3v) is 2.92. The van der Waals surface area contributed by atoms with Crippen LogP contribution in [0.1, 0.15) is 24.5 Å². The maximum Gasteiger partial charge on any atom is -0.00290 e. The molecule has 1 aromatic carbocycles. The summed E-state index contributed by atoms with van der Waals surface area (Å²) in [7, 11) is 0. The van der Waals surface area contributed by atoms with Gasteiger partial charge in [-0.15, -0.1) is 0 Å². The zero-order valence-corrected chi connectivity index (χ0v) is 9.53. The quantitative estimate of drug-likeness (QED) is 0.672. The van der Waals surface area contributed by atoms with E-state index in [1.165, 1.54) is 23.1 Å². The van der Waals surface area contributed by atoms with Gasteiger partial charge in [0.1, 0.15) is 0 Å². The van der Waals surface area contributed by atoms with Gasteiger partial charge in [-0.05, 0) is 36.8 Å². The van der Waals surface area contributed by atoms with E-state index in [0.717, 1.165) is 6.42 Å². The predicted octanol–water partition coefficient (Wildman–Crippen LogP) is 4.06. The molecule has 0 bridgehead atoms. The Hall–Kier alpha value is -1.30. The molecule has 0 aromatic heterocycles. The van der Waals surface area contributed by atoms with Gasteiger partial charge in [0.2, 0.25) is 0 Å². The molecule has 1 unspecified atom stereocenters. The lowest BCUT2D eigenvalue weighted by Gasteiger charge is -2.11. The topological polar surface area (TPSA) is 0 Å². The molecule has 15 heavy (non-hydrogen) atoms. The number of rotatable bonds is 2. The molecule has 1 aliphatic rings. The van der Waals surface area contributed by atoms with Crippen LogP contribution < -0.4 is 0 Å². The molecule has 0 heterocycles. The summed E-state index contributed by atoms with van der Waals surface area (Å²) in [4.78, 5) is 0. The molecule has 0 N–H and O–H groups in total. The van der Waals surface area contributed by atoms with Crippen molar-refractivity contribution in [2.24, 2.45) is 5.92 Å². The molecule has 0 spiro atoms. The molecular formula is C15H18. The van der Waals surface area contributed by atoms with E-state index in [1.807, 2.05) is 0 Å². The van der Waals surface area contributed by atoms with Crippen LogP contribution in [0.5, 0.6) is 0 Å². The van der Waals surface area contributed by atoms with Crippen LogP contribution in [0.15, 0.2) is 48.1 Å². The van der Waals surface area contributed by atoms with Crippen molar-refractivity contribution in [2.75, 3.05) is 0 Å². The molecule has 0 saturated heterocycles. The summed E-state index contributed by atoms with van der Waals surface area (Å²) in [6, 6.07) is 8.82. The molecule has 1 aromatic rings. The Morgan fingerprint density at radius 2 is 1.93 bits per heavy atom. The van der Waals surface area contributed by atoms with Gasteiger partial charge in [0, 0.05) is 0 Å². The number of hydrogen-bond donors (Lipinski definition) is 0. The monoisotopic (exact) mass is 198 g/mol. The Morgan fingerprint density at radius 1 is 1.20 bits per heavy atom. The Morgan fingerprint density at radius 3 is 2.53 bits per heavy atom. The molecule has 0 radical (unpaired) electrons. The Bertz CT molecular complexity index is 379. The average molecular weight is 198 g/mol. The molecule has 0 amide bonds. The lowest BCUT2D eigenvalue weighted by atomic mass is 9.94. The van der Waals surface area contributed by atoms with Crippen molar-refractivity contribution in [1.29, 1.82) is 0 Å². The van der Waals surface area contributed by atoms with Gasteiger partial charge in [-0.1, -0.05) is 55.0 Å². The lowest BCUT2D eigenvalue weighted by molar-refractivity contribution is 0.728. The highest BCUT2D eigenvalue weighted by Gasteiger charge is 2.03. The third kappa shape index (κ3) is 2.82. The maximum atomic E-state index is 2.37. The summed E-state index contributed by atoms with van der Waals surface area (Å²) in [6.45, 7) is 4.39. The van der Waals surface area contributed by atoms with Crippen LogP contribution in [-0.2, 0) is 6.42 Å². The second-order valence-electron chi connectivity index (χ2n) is 4.51. The zero-order valence-electron chi connectivity index (χ0n) is 9.53. The van der Waals surface area contributed by atoms with E-state index in [2.05, 4.69) is 56.3 Å². The number of aryl methyl sites for hydroxylation is 1. The minimum atomic E-state index is 0.715. The number of allylic oxidation sites excluding steroid dienone is 4. The number of hydrogen-bond acceptors (Lipinski definition) is 0. The molecule has 0 fully saturated rings. The van der Waals surface area contributed by atoms with Crippen LogP contribution >= 0.6 is 0 Å². The highest BCUT2D eigenvalue weighted by molar-refractivity contribution is 5.32. The minimum Gasteiger partial charge on any atom is -0.0811 e. The fourth-order valence-electron chi connectivity index (χ4n) is 1.84. The van der Waals surface area contributed by atoms with Crippen LogP contribution in [0, 0.1) is 12.8 Å². The van der Waals surface area contributed by atoms with Gasteiger partial charge in [-0.3, -0.25) is 0 Å². The van der Waals surface area contributed by atoms with Gasteiger partial charge in [-0.2, -0.15) is 0 Å². The molecule has 0 saturated carbocycles. The zero-order chi connectivity index (χ0) is 10.7. The molecule has 0 heteroatoms. The van der Waals surface area contributed by atoms with E-state index >= 15 is 0 Å². The first-order valence-electron chi connectivity index (χ1n) is 5.67. The van der Waals surface area contributed by atoms with Crippen LogP contribution in [-0.4, -0.2) is 0 Å². The average Bonchev–Trinajstić information content (AvgIpc) is 2.25. The Balaban J connectivity index is 2.04. The number of benzene rings is 1. The van der Waals surface area contributed by atoms with E-state index in [-0.39, 0.29) is 0 Å².